The van der Waals surface area contributed by atoms with Crippen LogP contribution in [0, 0.1) is 6.92 Å². The van der Waals surface area contributed by atoms with Gasteiger partial charge in [0.2, 0.25) is 0 Å². The molecule has 0 bridgehead atoms. The number of aromatic hydroxyl groups is 1. The first-order valence-electron chi connectivity index (χ1n) is 4.95. The van der Waals surface area contributed by atoms with Gasteiger partial charge in [-0.3, -0.25) is 0 Å². The molecule has 2 rings (SSSR count). The van der Waals surface area contributed by atoms with Crippen molar-refractivity contribution in [3.05, 3.63) is 30.0 Å². The molecule has 2 N–H and O–H groups in total. The van der Waals surface area contributed by atoms with E-state index in [0.29, 0.717) is 5.75 Å². The Hall–Kier alpha value is -1.44. The van der Waals surface area contributed by atoms with E-state index in [2.05, 4.69) is 18.8 Å². The zero-order valence-corrected chi connectivity index (χ0v) is 8.96. The third-order valence-electron chi connectivity index (χ3n) is 1.87. The van der Waals surface area contributed by atoms with Crippen molar-refractivity contribution in [1.29, 1.82) is 0 Å². The second kappa shape index (κ2) is 4.70. The maximum Gasteiger partial charge on any atom is 0.116 e. The second-order valence-corrected chi connectivity index (χ2v) is 3.41. The molecule has 76 valence electrons. The van der Waals surface area contributed by atoms with Crippen molar-refractivity contribution in [2.24, 2.45) is 0 Å². The number of fused-ring (bicyclic) bond motifs is 1. The fourth-order valence-corrected chi connectivity index (χ4v) is 1.25. The van der Waals surface area contributed by atoms with E-state index in [4.69, 9.17) is 5.11 Å². The monoisotopic (exact) mass is 191 g/mol. The number of H-pyrrole nitrogens is 1. The Kier molecular flexibility index (Phi) is 3.57. The summed E-state index contributed by atoms with van der Waals surface area (Å²) in [5.41, 5.74) is 2.23. The molecule has 14 heavy (non-hydrogen) atoms. The van der Waals surface area contributed by atoms with Gasteiger partial charge in [-0.1, -0.05) is 20.3 Å². The van der Waals surface area contributed by atoms with Gasteiger partial charge in [0.05, 0.1) is 0 Å². The number of aryl methyl sites for hydroxylation is 1. The minimum Gasteiger partial charge on any atom is -0.508 e. The van der Waals surface area contributed by atoms with E-state index in [0.717, 1.165) is 16.5 Å². The van der Waals surface area contributed by atoms with E-state index in [1.54, 1.807) is 12.1 Å². The van der Waals surface area contributed by atoms with Crippen LogP contribution in [0.25, 0.3) is 10.9 Å². The first kappa shape index (κ1) is 10.6. The van der Waals surface area contributed by atoms with Crippen LogP contribution in [0.2, 0.25) is 0 Å². The van der Waals surface area contributed by atoms with Gasteiger partial charge < -0.3 is 10.1 Å². The lowest BCUT2D eigenvalue weighted by Gasteiger charge is -1.92. The van der Waals surface area contributed by atoms with Crippen molar-refractivity contribution in [2.45, 2.75) is 27.2 Å². The number of phenolic OH excluding ortho intramolecular Hbond substituents is 1. The van der Waals surface area contributed by atoms with Crippen LogP contribution in [-0.4, -0.2) is 10.1 Å². The summed E-state index contributed by atoms with van der Waals surface area (Å²) in [6.07, 6.45) is 3.18. The van der Waals surface area contributed by atoms with E-state index >= 15 is 0 Å². The molecule has 0 aliphatic carbocycles. The Bertz CT molecular complexity index is 404. The lowest BCUT2D eigenvalue weighted by Crippen LogP contribution is -1.68. The van der Waals surface area contributed by atoms with Crippen LogP contribution >= 0.6 is 0 Å². The first-order chi connectivity index (χ1) is 6.69. The Morgan fingerprint density at radius 3 is 2.57 bits per heavy atom. The molecule has 0 saturated carbocycles. The molecule has 0 atom stereocenters. The molecule has 2 aromatic rings. The van der Waals surface area contributed by atoms with Crippen LogP contribution in [0.1, 0.15) is 25.8 Å². The molecular weight excluding hydrogens is 174 g/mol. The maximum absolute atomic E-state index is 9.16. The van der Waals surface area contributed by atoms with Crippen molar-refractivity contribution in [2.75, 3.05) is 0 Å². The summed E-state index contributed by atoms with van der Waals surface area (Å²) in [5, 5.41) is 10.2. The zero-order valence-electron chi connectivity index (χ0n) is 8.96. The van der Waals surface area contributed by atoms with Crippen molar-refractivity contribution < 1.29 is 5.11 Å². The van der Waals surface area contributed by atoms with E-state index in [1.165, 1.54) is 6.42 Å². The molecule has 1 heterocycles. The summed E-state index contributed by atoms with van der Waals surface area (Å²) in [6, 6.07) is 5.32. The average molecular weight is 191 g/mol. The number of aromatic nitrogens is 1. The highest BCUT2D eigenvalue weighted by Gasteiger charge is 1.98. The van der Waals surface area contributed by atoms with Gasteiger partial charge in [0.25, 0.3) is 0 Å². The molecular formula is C12H17NO. The molecule has 0 radical (unpaired) electrons. The van der Waals surface area contributed by atoms with Crippen molar-refractivity contribution in [3.63, 3.8) is 0 Å². The lowest BCUT2D eigenvalue weighted by molar-refractivity contribution is 0.476. The lowest BCUT2D eigenvalue weighted by atomic mass is 10.2. The molecule has 2 nitrogen and oxygen atoms in total. The quantitative estimate of drug-likeness (QED) is 0.655. The minimum atomic E-state index is 0.320. The van der Waals surface area contributed by atoms with Gasteiger partial charge in [-0.05, 0) is 30.7 Å². The van der Waals surface area contributed by atoms with E-state index < -0.39 is 0 Å². The Labute approximate surface area is 84.6 Å². The minimum absolute atomic E-state index is 0.320. The standard InChI is InChI=1S/C9H9NO.C3H8/c1-6-5-10-9-3-2-7(11)4-8(6)9;1-3-2/h2-5,10-11H,1H3;3H2,1-2H3. The maximum atomic E-state index is 9.16. The van der Waals surface area contributed by atoms with Gasteiger partial charge in [0.1, 0.15) is 5.75 Å². The molecule has 0 amide bonds. The molecule has 0 aliphatic heterocycles. The highest BCUT2D eigenvalue weighted by molar-refractivity contribution is 5.84. The zero-order chi connectivity index (χ0) is 10.6. The number of aromatic amines is 1. The molecule has 0 spiro atoms. The van der Waals surface area contributed by atoms with Gasteiger partial charge in [-0.15, -0.1) is 0 Å². The number of benzene rings is 1. The number of phenols is 1. The summed E-state index contributed by atoms with van der Waals surface area (Å²) < 4.78 is 0. The van der Waals surface area contributed by atoms with Gasteiger partial charge in [-0.2, -0.15) is 0 Å². The normalized spacial score (nSPS) is 9.64. The van der Waals surface area contributed by atoms with Crippen LogP contribution in [0.4, 0.5) is 0 Å². The number of rotatable bonds is 0. The molecule has 1 aromatic carbocycles. The van der Waals surface area contributed by atoms with Gasteiger partial charge in [0, 0.05) is 17.1 Å². The largest absolute Gasteiger partial charge is 0.508 e. The Balaban J connectivity index is 0.000000293. The van der Waals surface area contributed by atoms with Crippen molar-refractivity contribution in [3.8, 4) is 5.75 Å². The molecule has 0 aliphatic rings. The van der Waals surface area contributed by atoms with Gasteiger partial charge >= 0.3 is 0 Å². The van der Waals surface area contributed by atoms with Crippen LogP contribution in [0.15, 0.2) is 24.4 Å². The number of hydrogen-bond acceptors (Lipinski definition) is 1. The predicted molar refractivity (Wildman–Crippen MR) is 60.7 cm³/mol. The highest BCUT2D eigenvalue weighted by atomic mass is 16.3. The first-order valence-corrected chi connectivity index (χ1v) is 4.95. The fraction of sp³-hybridized carbons (Fsp3) is 0.333. The predicted octanol–water partition coefficient (Wildman–Crippen LogP) is 3.60. The summed E-state index contributed by atoms with van der Waals surface area (Å²) >= 11 is 0. The average Bonchev–Trinajstić information content (AvgIpc) is 2.49. The van der Waals surface area contributed by atoms with Gasteiger partial charge in [0.15, 0.2) is 0 Å². The van der Waals surface area contributed by atoms with Crippen LogP contribution in [-0.2, 0) is 0 Å². The van der Waals surface area contributed by atoms with Crippen molar-refractivity contribution in [1.82, 2.24) is 4.98 Å². The topological polar surface area (TPSA) is 36.0 Å². The Morgan fingerprint density at radius 2 is 1.93 bits per heavy atom. The van der Waals surface area contributed by atoms with Gasteiger partial charge in [-0.25, -0.2) is 0 Å². The van der Waals surface area contributed by atoms with Crippen LogP contribution in [0.5, 0.6) is 5.75 Å². The summed E-state index contributed by atoms with van der Waals surface area (Å²) in [6.45, 7) is 6.26. The number of nitrogens with one attached hydrogen (secondary N) is 1. The molecule has 2 heteroatoms. The SMILES string of the molecule is CCC.Cc1c[nH]c2ccc(O)cc12. The molecule has 0 unspecified atom stereocenters. The second-order valence-electron chi connectivity index (χ2n) is 3.41. The summed E-state index contributed by atoms with van der Waals surface area (Å²) in [5.74, 6) is 0.320. The van der Waals surface area contributed by atoms with Crippen LogP contribution < -0.4 is 0 Å². The van der Waals surface area contributed by atoms with E-state index in [1.807, 2.05) is 19.2 Å². The van der Waals surface area contributed by atoms with Crippen molar-refractivity contribution >= 4 is 10.9 Å². The fourth-order valence-electron chi connectivity index (χ4n) is 1.25. The smallest absolute Gasteiger partial charge is 0.116 e. The molecule has 1 aromatic heterocycles. The van der Waals surface area contributed by atoms with Crippen LogP contribution in [0.3, 0.4) is 0 Å². The molecule has 0 fully saturated rings. The highest BCUT2D eigenvalue weighted by Crippen LogP contribution is 2.21. The molecule has 0 saturated heterocycles. The van der Waals surface area contributed by atoms with E-state index in [-0.39, 0.29) is 0 Å². The third kappa shape index (κ3) is 2.28. The number of hydrogen-bond donors (Lipinski definition) is 2. The van der Waals surface area contributed by atoms with E-state index in [9.17, 15) is 0 Å². The Morgan fingerprint density at radius 1 is 1.29 bits per heavy atom. The summed E-state index contributed by atoms with van der Waals surface area (Å²) in [4.78, 5) is 3.10. The third-order valence-corrected chi connectivity index (χ3v) is 1.87. The summed E-state index contributed by atoms with van der Waals surface area (Å²) in [7, 11) is 0.